The average Bonchev–Trinajstić information content (AvgIpc) is 2.63. The maximum Gasteiger partial charge on any atom is 0.279 e. The number of allylic oxidation sites excluding steroid dienone is 3. The molecule has 0 radical (unpaired) electrons. The average molecular weight is 347 g/mol. The highest BCUT2D eigenvalue weighted by Gasteiger charge is 2.30. The van der Waals surface area contributed by atoms with Gasteiger partial charge in [-0.25, -0.2) is 5.87 Å². The van der Waals surface area contributed by atoms with Crippen molar-refractivity contribution in [2.75, 3.05) is 0 Å². The van der Waals surface area contributed by atoms with E-state index in [1.54, 1.807) is 55.4 Å². The number of ketones is 1. The Bertz CT molecular complexity index is 1000. The highest BCUT2D eigenvalue weighted by molar-refractivity contribution is 6.31. The summed E-state index contributed by atoms with van der Waals surface area (Å²) in [4.78, 5) is 13.0. The van der Waals surface area contributed by atoms with E-state index in [4.69, 9.17) is 22.3 Å². The van der Waals surface area contributed by atoms with Crippen LogP contribution in [0.15, 0.2) is 59.8 Å². The van der Waals surface area contributed by atoms with E-state index in [0.717, 1.165) is 0 Å². The summed E-state index contributed by atoms with van der Waals surface area (Å²) in [5.74, 6) is 1.19. The van der Waals surface area contributed by atoms with Crippen molar-refractivity contribution in [3.05, 3.63) is 81.5 Å². The van der Waals surface area contributed by atoms with Crippen molar-refractivity contribution in [3.8, 4) is 12.1 Å². The summed E-state index contributed by atoms with van der Waals surface area (Å²) in [5.41, 5.74) is 0.210. The Labute approximate surface area is 149 Å². The fourth-order valence-corrected chi connectivity index (χ4v) is 2.35. The molecule has 25 heavy (non-hydrogen) atoms. The number of carbonyl (C=O) groups excluding carboxylic acids is 1. The number of halogens is 1. The second kappa shape index (κ2) is 7.86. The minimum Gasteiger partial charge on any atom is -0.762 e. The number of Topliss-reactive ketones (excluding diaryl/α,β-unsaturated/α-hetero) is 1. The standard InChI is InChI=1S/C19H11ClN4O/c1-13-4-2-3-9-24(13)18(17(12-23)15(10-21)11-22)19(25)14-5-7-16(20)8-6-14/h2-9H,1H3/b18-17+. The molecule has 1 aromatic carbocycles. The Balaban J connectivity index is 2.83. The molecule has 1 heterocycles. The molecular weight excluding hydrogens is 336 g/mol. The van der Waals surface area contributed by atoms with Crippen LogP contribution in [0.1, 0.15) is 16.1 Å². The highest BCUT2D eigenvalue weighted by atomic mass is 35.5. The molecule has 0 aliphatic heterocycles. The fourth-order valence-electron chi connectivity index (χ4n) is 2.22. The SMILES string of the molecule is Cc1cccc[n+]1/C(C(=O)c1ccc(Cl)cc1)=C(\C#N)C(=C=[N-])C#N. The van der Waals surface area contributed by atoms with Crippen LogP contribution in [-0.2, 0) is 0 Å². The third-order valence-corrected chi connectivity index (χ3v) is 3.70. The van der Waals surface area contributed by atoms with Crippen LogP contribution in [0, 0.1) is 29.6 Å². The first-order valence-electron chi connectivity index (χ1n) is 7.13. The lowest BCUT2D eigenvalue weighted by Crippen LogP contribution is -2.40. The smallest absolute Gasteiger partial charge is 0.279 e. The van der Waals surface area contributed by atoms with Crippen molar-refractivity contribution in [3.63, 3.8) is 0 Å². The van der Waals surface area contributed by atoms with Crippen molar-refractivity contribution in [2.24, 2.45) is 0 Å². The van der Waals surface area contributed by atoms with Gasteiger partial charge in [0.1, 0.15) is 12.1 Å². The summed E-state index contributed by atoms with van der Waals surface area (Å²) < 4.78 is 1.49. The number of rotatable bonds is 4. The van der Waals surface area contributed by atoms with E-state index in [1.807, 2.05) is 6.07 Å². The number of benzene rings is 1. The van der Waals surface area contributed by atoms with Crippen LogP contribution in [0.4, 0.5) is 0 Å². The molecular formula is C19H11ClN4O. The topological polar surface area (TPSA) is 90.8 Å². The molecule has 120 valence electrons. The van der Waals surface area contributed by atoms with Crippen molar-refractivity contribution < 1.29 is 9.36 Å². The molecule has 0 aliphatic rings. The second-order valence-electron chi connectivity index (χ2n) is 4.98. The molecule has 0 N–H and O–H groups in total. The van der Waals surface area contributed by atoms with Gasteiger partial charge in [-0.2, -0.15) is 15.1 Å². The van der Waals surface area contributed by atoms with E-state index in [2.05, 4.69) is 0 Å². The molecule has 0 spiro atoms. The van der Waals surface area contributed by atoms with Gasteiger partial charge in [0.15, 0.2) is 17.5 Å². The lowest BCUT2D eigenvalue weighted by molar-refractivity contribution is -0.584. The van der Waals surface area contributed by atoms with E-state index in [9.17, 15) is 10.1 Å². The molecule has 0 unspecified atom stereocenters. The first-order valence-corrected chi connectivity index (χ1v) is 7.51. The van der Waals surface area contributed by atoms with Crippen LogP contribution in [0.3, 0.4) is 0 Å². The maximum absolute atomic E-state index is 13.0. The summed E-state index contributed by atoms with van der Waals surface area (Å²) in [5, 5.41) is 28.3. The lowest BCUT2D eigenvalue weighted by atomic mass is 10.00. The van der Waals surface area contributed by atoms with Gasteiger partial charge in [0, 0.05) is 29.6 Å². The predicted molar refractivity (Wildman–Crippen MR) is 93.5 cm³/mol. The monoisotopic (exact) mass is 346 g/mol. The number of hydrogen-bond donors (Lipinski definition) is 0. The number of aryl methyl sites for hydroxylation is 1. The summed E-state index contributed by atoms with van der Waals surface area (Å²) in [6.07, 6.45) is 1.60. The van der Waals surface area contributed by atoms with Gasteiger partial charge in [-0.05, 0) is 24.3 Å². The normalized spacial score (nSPS) is 10.7. The van der Waals surface area contributed by atoms with Gasteiger partial charge >= 0.3 is 0 Å². The number of nitrogens with zero attached hydrogens (tertiary/aromatic N) is 4. The maximum atomic E-state index is 13.0. The molecule has 2 aromatic rings. The Morgan fingerprint density at radius 2 is 1.80 bits per heavy atom. The Morgan fingerprint density at radius 3 is 2.32 bits per heavy atom. The van der Waals surface area contributed by atoms with E-state index in [1.165, 1.54) is 16.7 Å². The molecule has 0 saturated carbocycles. The van der Waals surface area contributed by atoms with Gasteiger partial charge in [-0.3, -0.25) is 4.79 Å². The van der Waals surface area contributed by atoms with Crippen LogP contribution in [-0.4, -0.2) is 11.7 Å². The summed E-state index contributed by atoms with van der Waals surface area (Å²) >= 11 is 5.85. The van der Waals surface area contributed by atoms with Crippen LogP contribution < -0.4 is 4.57 Å². The Hall–Kier alpha value is -3.50. The number of hydrogen-bond acceptors (Lipinski definition) is 3. The molecule has 5 nitrogen and oxygen atoms in total. The number of aromatic nitrogens is 1. The van der Waals surface area contributed by atoms with Gasteiger partial charge in [0.2, 0.25) is 0 Å². The van der Waals surface area contributed by atoms with E-state index < -0.39 is 11.4 Å². The van der Waals surface area contributed by atoms with Gasteiger partial charge in [0.05, 0.1) is 5.57 Å². The van der Waals surface area contributed by atoms with Crippen LogP contribution in [0.5, 0.6) is 0 Å². The zero-order chi connectivity index (χ0) is 18.4. The quantitative estimate of drug-likeness (QED) is 0.212. The summed E-state index contributed by atoms with van der Waals surface area (Å²) in [6.45, 7) is 1.75. The first-order chi connectivity index (χ1) is 12.0. The number of carbonyl (C=O) groups is 1. The molecule has 0 bridgehead atoms. The molecule has 6 heteroatoms. The molecule has 0 fully saturated rings. The van der Waals surface area contributed by atoms with Crippen LogP contribution in [0.2, 0.25) is 5.02 Å². The van der Waals surface area contributed by atoms with E-state index in [-0.39, 0.29) is 16.8 Å². The Morgan fingerprint density at radius 1 is 1.12 bits per heavy atom. The third-order valence-electron chi connectivity index (χ3n) is 3.45. The third kappa shape index (κ3) is 3.71. The van der Waals surface area contributed by atoms with Crippen molar-refractivity contribution >= 4 is 29.0 Å². The molecule has 2 rings (SSSR count). The van der Waals surface area contributed by atoms with Crippen LogP contribution in [0.25, 0.3) is 11.1 Å². The predicted octanol–water partition coefficient (Wildman–Crippen LogP) is 3.24. The van der Waals surface area contributed by atoms with Gasteiger partial charge in [-0.15, -0.1) is 0 Å². The molecule has 1 aromatic heterocycles. The minimum atomic E-state index is -0.490. The number of pyridine rings is 1. The van der Waals surface area contributed by atoms with Crippen molar-refractivity contribution in [1.29, 1.82) is 10.5 Å². The molecule has 0 amide bonds. The zero-order valence-corrected chi connectivity index (χ0v) is 13.9. The van der Waals surface area contributed by atoms with Crippen molar-refractivity contribution in [1.82, 2.24) is 0 Å². The second-order valence-corrected chi connectivity index (χ2v) is 5.42. The molecule has 0 aliphatic carbocycles. The lowest BCUT2D eigenvalue weighted by Gasteiger charge is -2.06. The minimum absolute atomic E-state index is 0.0546. The molecule has 0 saturated heterocycles. The first kappa shape index (κ1) is 17.8. The number of nitriles is 2. The zero-order valence-electron chi connectivity index (χ0n) is 13.2. The fraction of sp³-hybridized carbons (Fsp3) is 0.0526. The Kier molecular flexibility index (Phi) is 5.61. The highest BCUT2D eigenvalue weighted by Crippen LogP contribution is 2.19. The van der Waals surface area contributed by atoms with Crippen LogP contribution >= 0.6 is 11.6 Å². The summed E-state index contributed by atoms with van der Waals surface area (Å²) in [7, 11) is 0. The summed E-state index contributed by atoms with van der Waals surface area (Å²) in [6, 6.07) is 14.9. The van der Waals surface area contributed by atoms with E-state index >= 15 is 0 Å². The largest absolute Gasteiger partial charge is 0.762 e. The van der Waals surface area contributed by atoms with Gasteiger partial charge in [0.25, 0.3) is 11.5 Å². The molecule has 0 atom stereocenters. The van der Waals surface area contributed by atoms with E-state index in [0.29, 0.717) is 10.7 Å². The van der Waals surface area contributed by atoms with Gasteiger partial charge in [-0.1, -0.05) is 17.7 Å². The van der Waals surface area contributed by atoms with Gasteiger partial charge < -0.3 is 5.41 Å². The van der Waals surface area contributed by atoms with Crippen molar-refractivity contribution in [2.45, 2.75) is 6.92 Å².